The van der Waals surface area contributed by atoms with Gasteiger partial charge in [0.25, 0.3) is 5.89 Å². The maximum Gasteiger partial charge on any atom is 0.318 e. The van der Waals surface area contributed by atoms with E-state index < -0.39 is 11.2 Å². The number of nitrogens with zero attached hydrogens (tertiary/aromatic N) is 5. The molecule has 0 spiro atoms. The normalized spacial score (nSPS) is 17.6. The molecule has 1 atom stereocenters. The van der Waals surface area contributed by atoms with Crippen LogP contribution in [0.4, 0.5) is 6.01 Å². The number of aliphatic imine (C=N–C) groups is 2. The Kier molecular flexibility index (Phi) is 7.64. The van der Waals surface area contributed by atoms with E-state index in [4.69, 9.17) is 15.1 Å². The monoisotopic (exact) mass is 442 g/mol. The molecule has 0 radical (unpaired) electrons. The quantitative estimate of drug-likeness (QED) is 0.519. The van der Waals surface area contributed by atoms with Crippen molar-refractivity contribution in [1.82, 2.24) is 10.2 Å². The molecular formula is C22H30N6O2S. The van der Waals surface area contributed by atoms with Crippen LogP contribution in [0.25, 0.3) is 5.70 Å². The number of allylic oxidation sites excluding steroid dienone is 1. The Bertz CT molecular complexity index is 959. The molecule has 1 fully saturated rings. The van der Waals surface area contributed by atoms with Crippen molar-refractivity contribution in [2.24, 2.45) is 15.7 Å². The highest BCUT2D eigenvalue weighted by atomic mass is 32.2. The first-order valence-electron chi connectivity index (χ1n) is 10.4. The minimum absolute atomic E-state index is 0.0684. The van der Waals surface area contributed by atoms with Gasteiger partial charge in [0.15, 0.2) is 4.90 Å². The highest BCUT2D eigenvalue weighted by Crippen LogP contribution is 2.26. The van der Waals surface area contributed by atoms with Gasteiger partial charge in [0.1, 0.15) is 10.9 Å². The first kappa shape index (κ1) is 23.2. The average molecular weight is 443 g/mol. The zero-order valence-corrected chi connectivity index (χ0v) is 19.4. The fourth-order valence-corrected chi connectivity index (χ4v) is 4.17. The van der Waals surface area contributed by atoms with Gasteiger partial charge in [-0.1, -0.05) is 5.10 Å². The molecule has 2 heterocycles. The van der Waals surface area contributed by atoms with Crippen molar-refractivity contribution in [2.45, 2.75) is 56.7 Å². The Morgan fingerprint density at radius 3 is 2.45 bits per heavy atom. The molecule has 9 heteroatoms. The van der Waals surface area contributed by atoms with Crippen LogP contribution in [0.5, 0.6) is 0 Å². The molecule has 1 aromatic carbocycles. The molecule has 1 aliphatic rings. The first-order chi connectivity index (χ1) is 14.8. The molecule has 2 aromatic rings. The van der Waals surface area contributed by atoms with Gasteiger partial charge in [-0.3, -0.25) is 4.99 Å². The molecule has 2 N–H and O–H groups in total. The second-order valence-corrected chi connectivity index (χ2v) is 9.88. The summed E-state index contributed by atoms with van der Waals surface area (Å²) < 4.78 is 18.2. The third kappa shape index (κ3) is 5.61. The van der Waals surface area contributed by atoms with Crippen LogP contribution in [0.1, 0.15) is 52.0 Å². The van der Waals surface area contributed by atoms with E-state index in [1.165, 1.54) is 0 Å². The van der Waals surface area contributed by atoms with Crippen molar-refractivity contribution in [3.8, 4) is 0 Å². The Balaban J connectivity index is 1.85. The van der Waals surface area contributed by atoms with E-state index >= 15 is 0 Å². The lowest BCUT2D eigenvalue weighted by Crippen LogP contribution is -2.39. The first-order valence-corrected chi connectivity index (χ1v) is 11.6. The van der Waals surface area contributed by atoms with Gasteiger partial charge in [0.2, 0.25) is 0 Å². The number of hydrogen-bond acceptors (Lipinski definition) is 8. The van der Waals surface area contributed by atoms with Crippen molar-refractivity contribution in [3.63, 3.8) is 0 Å². The lowest BCUT2D eigenvalue weighted by atomic mass is 10.1. The number of aromatic nitrogens is 2. The molecule has 0 bridgehead atoms. The van der Waals surface area contributed by atoms with Crippen LogP contribution >= 0.6 is 0 Å². The lowest BCUT2D eigenvalue weighted by Gasteiger charge is -2.28. The molecule has 1 unspecified atom stereocenters. The van der Waals surface area contributed by atoms with Crippen molar-refractivity contribution >= 4 is 35.3 Å². The maximum absolute atomic E-state index is 12.3. The van der Waals surface area contributed by atoms with Gasteiger partial charge in [-0.15, -0.1) is 5.10 Å². The summed E-state index contributed by atoms with van der Waals surface area (Å²) in [5.41, 5.74) is 8.71. The highest BCUT2D eigenvalue weighted by molar-refractivity contribution is 7.92. The number of hydrogen-bond donors (Lipinski definition) is 1. The minimum Gasteiger partial charge on any atom is -0.611 e. The lowest BCUT2D eigenvalue weighted by molar-refractivity contribution is 0.453. The Hall–Kier alpha value is -2.49. The summed E-state index contributed by atoms with van der Waals surface area (Å²) in [5.74, 6) is 0.298. The Morgan fingerprint density at radius 1 is 1.23 bits per heavy atom. The number of nitrogens with two attached hydrogens (primary N) is 1. The molecule has 1 saturated heterocycles. The topological polar surface area (TPSA) is 116 Å². The smallest absolute Gasteiger partial charge is 0.318 e. The molecule has 0 saturated carbocycles. The second kappa shape index (κ2) is 10.2. The van der Waals surface area contributed by atoms with E-state index in [1.54, 1.807) is 6.92 Å². The van der Waals surface area contributed by atoms with Gasteiger partial charge in [-0.05, 0) is 88.3 Å². The number of piperidine rings is 1. The molecule has 1 aliphatic heterocycles. The van der Waals surface area contributed by atoms with Gasteiger partial charge in [0.05, 0.1) is 5.70 Å². The fourth-order valence-electron chi connectivity index (χ4n) is 3.22. The molecular weight excluding hydrogens is 412 g/mol. The standard InChI is InChI=1S/C22H30N6O2S/c1-14(2)31(29)19-8-6-17(7-9-19)15(3)25-20(16(4)24-5)21-26-27-22(30-21)28-12-10-18(23)11-13-28/h6-9,14,18H,5,10-13,23H2,1-4H3/b20-16-,25-15+. The van der Waals surface area contributed by atoms with Crippen molar-refractivity contribution in [2.75, 3.05) is 18.0 Å². The minimum atomic E-state index is -1.03. The third-order valence-electron chi connectivity index (χ3n) is 5.22. The zero-order chi connectivity index (χ0) is 22.5. The van der Waals surface area contributed by atoms with E-state index in [0.29, 0.717) is 23.3 Å². The SMILES string of the molecule is C=N/C(C)=C(\N=C(/C)c1ccc([S+]([O-])C(C)C)cc1)c1nnc(N2CCC(N)CC2)o1. The van der Waals surface area contributed by atoms with E-state index in [9.17, 15) is 4.55 Å². The average Bonchev–Trinajstić information content (AvgIpc) is 3.26. The molecule has 166 valence electrons. The van der Waals surface area contributed by atoms with Gasteiger partial charge in [-0.2, -0.15) is 0 Å². The van der Waals surface area contributed by atoms with Crippen LogP contribution in [0.15, 0.2) is 49.3 Å². The maximum atomic E-state index is 12.3. The van der Waals surface area contributed by atoms with E-state index in [0.717, 1.165) is 42.1 Å². The Morgan fingerprint density at radius 2 is 1.87 bits per heavy atom. The number of anilines is 1. The van der Waals surface area contributed by atoms with Gasteiger partial charge >= 0.3 is 6.01 Å². The summed E-state index contributed by atoms with van der Waals surface area (Å²) >= 11 is -1.03. The summed E-state index contributed by atoms with van der Waals surface area (Å²) in [6.07, 6.45) is 1.78. The van der Waals surface area contributed by atoms with E-state index in [2.05, 4.69) is 21.9 Å². The summed E-state index contributed by atoms with van der Waals surface area (Å²) in [4.78, 5) is 11.6. The molecule has 3 rings (SSSR count). The summed E-state index contributed by atoms with van der Waals surface area (Å²) in [6.45, 7) is 12.8. The zero-order valence-electron chi connectivity index (χ0n) is 18.5. The second-order valence-electron chi connectivity index (χ2n) is 7.87. The predicted molar refractivity (Wildman–Crippen MR) is 126 cm³/mol. The van der Waals surface area contributed by atoms with Crippen LogP contribution in [-0.2, 0) is 11.2 Å². The van der Waals surface area contributed by atoms with Gasteiger partial charge in [-0.25, -0.2) is 4.99 Å². The molecule has 1 aromatic heterocycles. The number of rotatable bonds is 7. The van der Waals surface area contributed by atoms with Crippen molar-refractivity contribution in [1.29, 1.82) is 0 Å². The summed E-state index contributed by atoms with van der Waals surface area (Å²) in [6, 6.07) is 8.26. The van der Waals surface area contributed by atoms with Crippen LogP contribution in [0.3, 0.4) is 0 Å². The third-order valence-corrected chi connectivity index (χ3v) is 6.81. The predicted octanol–water partition coefficient (Wildman–Crippen LogP) is 3.41. The Labute approximate surface area is 186 Å². The van der Waals surface area contributed by atoms with Crippen LogP contribution < -0.4 is 10.6 Å². The number of benzene rings is 1. The highest BCUT2D eigenvalue weighted by Gasteiger charge is 2.23. The van der Waals surface area contributed by atoms with Gasteiger partial charge < -0.3 is 19.6 Å². The fraction of sp³-hybridized carbons (Fsp3) is 0.455. The van der Waals surface area contributed by atoms with E-state index in [1.807, 2.05) is 49.9 Å². The van der Waals surface area contributed by atoms with Gasteiger partial charge in [0, 0.05) is 24.8 Å². The summed E-state index contributed by atoms with van der Waals surface area (Å²) in [5, 5.41) is 8.47. The van der Waals surface area contributed by atoms with Crippen LogP contribution in [0.2, 0.25) is 0 Å². The van der Waals surface area contributed by atoms with Crippen LogP contribution in [0, 0.1) is 0 Å². The van der Waals surface area contributed by atoms with Crippen LogP contribution in [-0.4, -0.2) is 51.6 Å². The molecule has 0 aliphatic carbocycles. The van der Waals surface area contributed by atoms with E-state index in [-0.39, 0.29) is 11.3 Å². The summed E-state index contributed by atoms with van der Waals surface area (Å²) in [7, 11) is 0. The molecule has 31 heavy (non-hydrogen) atoms. The molecule has 8 nitrogen and oxygen atoms in total. The van der Waals surface area contributed by atoms with Crippen molar-refractivity contribution < 1.29 is 8.97 Å². The molecule has 0 amide bonds. The van der Waals surface area contributed by atoms with Crippen molar-refractivity contribution in [3.05, 3.63) is 41.4 Å². The largest absolute Gasteiger partial charge is 0.611 e.